The number of aromatic nitrogens is 1. The van der Waals surface area contributed by atoms with E-state index in [4.69, 9.17) is 4.42 Å². The lowest BCUT2D eigenvalue weighted by atomic mass is 10.1. The number of fused-ring (bicyclic) bond motifs is 1. The van der Waals surface area contributed by atoms with Crippen molar-refractivity contribution in [2.45, 2.75) is 19.9 Å². The molecule has 0 bridgehead atoms. The molecule has 0 spiro atoms. The van der Waals surface area contributed by atoms with Crippen molar-refractivity contribution in [2.24, 2.45) is 0 Å². The molecular formula is C29H29FN4O4. The molecule has 1 aliphatic heterocycles. The summed E-state index contributed by atoms with van der Waals surface area (Å²) in [6.07, 6.45) is 3.64. The number of piperazine rings is 1. The van der Waals surface area contributed by atoms with Crippen molar-refractivity contribution in [3.05, 3.63) is 100.0 Å². The SMILES string of the molecule is CCn1cc(C(=O)NCCc2ccccc2)c(=O)c2cc(F)c(N3CCN(C(=O)c4ccco4)CC3)cc21. The highest BCUT2D eigenvalue weighted by molar-refractivity contribution is 5.98. The van der Waals surface area contributed by atoms with Gasteiger partial charge in [0.05, 0.1) is 17.5 Å². The minimum Gasteiger partial charge on any atom is -0.459 e. The number of nitrogens with one attached hydrogen (secondary N) is 1. The summed E-state index contributed by atoms with van der Waals surface area (Å²) >= 11 is 0. The molecule has 0 aliphatic carbocycles. The van der Waals surface area contributed by atoms with Crippen LogP contribution in [0.4, 0.5) is 10.1 Å². The fourth-order valence-electron chi connectivity index (χ4n) is 4.83. The molecule has 1 N–H and O–H groups in total. The average Bonchev–Trinajstić information content (AvgIpc) is 3.49. The van der Waals surface area contributed by atoms with E-state index in [-0.39, 0.29) is 22.6 Å². The molecule has 2 aromatic heterocycles. The molecule has 1 aliphatic rings. The monoisotopic (exact) mass is 516 g/mol. The number of amides is 2. The third kappa shape index (κ3) is 5.04. The van der Waals surface area contributed by atoms with Gasteiger partial charge < -0.3 is 24.1 Å². The average molecular weight is 517 g/mol. The Morgan fingerprint density at radius 2 is 1.79 bits per heavy atom. The first-order valence-electron chi connectivity index (χ1n) is 12.7. The van der Waals surface area contributed by atoms with Crippen LogP contribution in [-0.4, -0.2) is 54.0 Å². The lowest BCUT2D eigenvalue weighted by Gasteiger charge is -2.36. The lowest BCUT2D eigenvalue weighted by Crippen LogP contribution is -2.49. The Balaban J connectivity index is 1.35. The van der Waals surface area contributed by atoms with E-state index in [9.17, 15) is 14.4 Å². The van der Waals surface area contributed by atoms with Gasteiger partial charge in [-0.15, -0.1) is 0 Å². The van der Waals surface area contributed by atoms with Crippen LogP contribution in [0.1, 0.15) is 33.4 Å². The zero-order valence-electron chi connectivity index (χ0n) is 21.2. The second kappa shape index (κ2) is 10.9. The van der Waals surface area contributed by atoms with Crippen LogP contribution in [0.3, 0.4) is 0 Å². The Hall–Kier alpha value is -4.40. The first kappa shape index (κ1) is 25.3. The zero-order chi connectivity index (χ0) is 26.6. The number of anilines is 1. The Kier molecular flexibility index (Phi) is 7.26. The fraction of sp³-hybridized carbons (Fsp3) is 0.276. The number of nitrogens with zero attached hydrogens (tertiary/aromatic N) is 3. The number of carbonyl (C=O) groups excluding carboxylic acids is 2. The number of furan rings is 1. The van der Waals surface area contributed by atoms with Gasteiger partial charge in [0.1, 0.15) is 11.4 Å². The third-order valence-electron chi connectivity index (χ3n) is 6.92. The second-order valence-electron chi connectivity index (χ2n) is 9.23. The summed E-state index contributed by atoms with van der Waals surface area (Å²) in [6, 6.07) is 15.9. The number of carbonyl (C=O) groups is 2. The van der Waals surface area contributed by atoms with Crippen LogP contribution >= 0.6 is 0 Å². The first-order valence-corrected chi connectivity index (χ1v) is 12.7. The number of hydrogen-bond acceptors (Lipinski definition) is 5. The molecule has 0 unspecified atom stereocenters. The number of aryl methyl sites for hydroxylation is 1. The number of hydrogen-bond donors (Lipinski definition) is 1. The molecule has 196 valence electrons. The van der Waals surface area contributed by atoms with E-state index in [0.717, 1.165) is 5.56 Å². The molecule has 1 fully saturated rings. The van der Waals surface area contributed by atoms with E-state index in [0.29, 0.717) is 56.9 Å². The number of benzene rings is 2. The summed E-state index contributed by atoms with van der Waals surface area (Å²) in [7, 11) is 0. The second-order valence-corrected chi connectivity index (χ2v) is 9.23. The minimum absolute atomic E-state index is 0.00962. The molecule has 4 aromatic rings. The van der Waals surface area contributed by atoms with Crippen molar-refractivity contribution in [3.8, 4) is 0 Å². The Bertz CT molecular complexity index is 1510. The quantitative estimate of drug-likeness (QED) is 0.405. The normalized spacial score (nSPS) is 13.6. The predicted octanol–water partition coefficient (Wildman–Crippen LogP) is 3.69. The van der Waals surface area contributed by atoms with Crippen molar-refractivity contribution in [1.29, 1.82) is 0 Å². The summed E-state index contributed by atoms with van der Waals surface area (Å²) in [5.74, 6) is -0.924. The topological polar surface area (TPSA) is 87.8 Å². The summed E-state index contributed by atoms with van der Waals surface area (Å²) in [5, 5.41) is 2.97. The predicted molar refractivity (Wildman–Crippen MR) is 143 cm³/mol. The van der Waals surface area contributed by atoms with Crippen LogP contribution in [0.15, 0.2) is 76.3 Å². The molecule has 38 heavy (non-hydrogen) atoms. The van der Waals surface area contributed by atoms with E-state index in [1.165, 1.54) is 12.3 Å². The molecule has 0 saturated carbocycles. The molecule has 5 rings (SSSR count). The van der Waals surface area contributed by atoms with Crippen molar-refractivity contribution < 1.29 is 18.4 Å². The summed E-state index contributed by atoms with van der Waals surface area (Å²) in [6.45, 7) is 4.49. The zero-order valence-corrected chi connectivity index (χ0v) is 21.2. The molecular weight excluding hydrogens is 487 g/mol. The van der Waals surface area contributed by atoms with Crippen LogP contribution in [0, 0.1) is 5.82 Å². The van der Waals surface area contributed by atoms with E-state index in [2.05, 4.69) is 5.32 Å². The smallest absolute Gasteiger partial charge is 0.289 e. The van der Waals surface area contributed by atoms with Gasteiger partial charge in [-0.25, -0.2) is 4.39 Å². The molecule has 3 heterocycles. The Morgan fingerprint density at radius 1 is 1.03 bits per heavy atom. The Morgan fingerprint density at radius 3 is 2.47 bits per heavy atom. The maximum absolute atomic E-state index is 15.3. The van der Waals surface area contributed by atoms with Gasteiger partial charge in [-0.05, 0) is 43.2 Å². The molecule has 9 heteroatoms. The van der Waals surface area contributed by atoms with Gasteiger partial charge in [0, 0.05) is 50.9 Å². The molecule has 0 radical (unpaired) electrons. The van der Waals surface area contributed by atoms with Crippen LogP contribution in [0.2, 0.25) is 0 Å². The molecule has 0 atom stereocenters. The van der Waals surface area contributed by atoms with E-state index in [1.807, 2.05) is 42.2 Å². The Labute approximate surface area is 219 Å². The summed E-state index contributed by atoms with van der Waals surface area (Å²) in [5.41, 5.74) is 1.50. The van der Waals surface area contributed by atoms with E-state index >= 15 is 4.39 Å². The lowest BCUT2D eigenvalue weighted by molar-refractivity contribution is 0.0714. The van der Waals surface area contributed by atoms with Crippen LogP contribution < -0.4 is 15.6 Å². The third-order valence-corrected chi connectivity index (χ3v) is 6.92. The van der Waals surface area contributed by atoms with Crippen molar-refractivity contribution >= 4 is 28.4 Å². The molecule has 1 saturated heterocycles. The van der Waals surface area contributed by atoms with Crippen LogP contribution in [0.5, 0.6) is 0 Å². The first-order chi connectivity index (χ1) is 18.5. The largest absolute Gasteiger partial charge is 0.459 e. The van der Waals surface area contributed by atoms with Gasteiger partial charge >= 0.3 is 0 Å². The maximum atomic E-state index is 15.3. The highest BCUT2D eigenvalue weighted by Gasteiger charge is 2.26. The van der Waals surface area contributed by atoms with Crippen molar-refractivity contribution in [1.82, 2.24) is 14.8 Å². The standard InChI is InChI=1S/C29H29FN4O4/c1-2-32-19-22(28(36)31-11-10-20-7-4-3-5-8-20)27(35)21-17-23(30)25(18-24(21)32)33-12-14-34(15-13-33)29(37)26-9-6-16-38-26/h3-9,16-19H,2,10-15H2,1H3,(H,31,36). The van der Waals surface area contributed by atoms with Gasteiger partial charge in [-0.1, -0.05) is 30.3 Å². The number of rotatable bonds is 7. The van der Waals surface area contributed by atoms with Gasteiger partial charge in [-0.2, -0.15) is 0 Å². The van der Waals surface area contributed by atoms with Gasteiger partial charge in [0.25, 0.3) is 11.8 Å². The van der Waals surface area contributed by atoms with Gasteiger partial charge in [0.15, 0.2) is 5.76 Å². The van der Waals surface area contributed by atoms with Crippen LogP contribution in [-0.2, 0) is 13.0 Å². The van der Waals surface area contributed by atoms with Gasteiger partial charge in [-0.3, -0.25) is 14.4 Å². The summed E-state index contributed by atoms with van der Waals surface area (Å²) < 4.78 is 22.3. The van der Waals surface area contributed by atoms with E-state index < -0.39 is 17.2 Å². The highest BCUT2D eigenvalue weighted by atomic mass is 19.1. The minimum atomic E-state index is -0.537. The number of pyridine rings is 1. The fourth-order valence-corrected chi connectivity index (χ4v) is 4.83. The highest BCUT2D eigenvalue weighted by Crippen LogP contribution is 2.26. The number of halogens is 1. The molecule has 2 aromatic carbocycles. The molecule has 2 amide bonds. The maximum Gasteiger partial charge on any atom is 0.289 e. The van der Waals surface area contributed by atoms with Gasteiger partial charge in [0.2, 0.25) is 5.43 Å². The van der Waals surface area contributed by atoms with E-state index in [1.54, 1.807) is 33.9 Å². The van der Waals surface area contributed by atoms with Crippen molar-refractivity contribution in [2.75, 3.05) is 37.6 Å². The summed E-state index contributed by atoms with van der Waals surface area (Å²) in [4.78, 5) is 42.2. The van der Waals surface area contributed by atoms with Crippen molar-refractivity contribution in [3.63, 3.8) is 0 Å². The molecule has 8 nitrogen and oxygen atoms in total. The van der Waals surface area contributed by atoms with Crippen LogP contribution in [0.25, 0.3) is 10.9 Å².